The van der Waals surface area contributed by atoms with Gasteiger partial charge in [0.25, 0.3) is 0 Å². The number of aliphatic hydroxyl groups is 1. The number of aliphatic hydroxyl groups excluding tert-OH is 1. The van der Waals surface area contributed by atoms with E-state index in [0.717, 1.165) is 55.4 Å². The highest BCUT2D eigenvalue weighted by molar-refractivity contribution is 5.85. The monoisotopic (exact) mass is 291 g/mol. The zero-order valence-corrected chi connectivity index (χ0v) is 12.2. The maximum Gasteiger partial charge on any atom is 0.328 e. The minimum atomic E-state index is -0.960. The van der Waals surface area contributed by atoms with Crippen LogP contribution in [0, 0.1) is 0 Å². The fourth-order valence-electron chi connectivity index (χ4n) is 2.49. The number of piperidine rings is 1. The Morgan fingerprint density at radius 3 is 2.76 bits per heavy atom. The summed E-state index contributed by atoms with van der Waals surface area (Å²) in [6.07, 6.45) is 4.12. The van der Waals surface area contributed by atoms with Crippen molar-refractivity contribution in [1.82, 2.24) is 4.90 Å². The van der Waals surface area contributed by atoms with Crippen molar-refractivity contribution in [2.75, 3.05) is 20.2 Å². The summed E-state index contributed by atoms with van der Waals surface area (Å²) in [5.41, 5.74) is 1.91. The van der Waals surface area contributed by atoms with E-state index in [1.165, 1.54) is 0 Å². The molecule has 1 heterocycles. The predicted octanol–water partition coefficient (Wildman–Crippen LogP) is 1.75. The number of hydrogen-bond donors (Lipinski definition) is 2. The van der Waals surface area contributed by atoms with Crippen LogP contribution in [-0.4, -0.2) is 47.4 Å². The average Bonchev–Trinajstić information content (AvgIpc) is 2.48. The van der Waals surface area contributed by atoms with E-state index in [9.17, 15) is 9.90 Å². The average molecular weight is 291 g/mol. The lowest BCUT2D eigenvalue weighted by Crippen LogP contribution is -2.35. The van der Waals surface area contributed by atoms with E-state index in [1.807, 2.05) is 18.2 Å². The van der Waals surface area contributed by atoms with Gasteiger partial charge in [-0.05, 0) is 42.2 Å². The van der Waals surface area contributed by atoms with Gasteiger partial charge in [0.15, 0.2) is 0 Å². The van der Waals surface area contributed by atoms with Crippen LogP contribution < -0.4 is 4.74 Å². The molecule has 0 aromatic heterocycles. The normalized spacial score (nSPS) is 17.2. The summed E-state index contributed by atoms with van der Waals surface area (Å²) in [7, 11) is 1.61. The highest BCUT2D eigenvalue weighted by Gasteiger charge is 2.17. The zero-order chi connectivity index (χ0) is 15.2. The molecule has 0 amide bonds. The van der Waals surface area contributed by atoms with Crippen molar-refractivity contribution in [3.05, 3.63) is 35.4 Å². The van der Waals surface area contributed by atoms with Crippen molar-refractivity contribution in [1.29, 1.82) is 0 Å². The van der Waals surface area contributed by atoms with Gasteiger partial charge >= 0.3 is 5.97 Å². The molecule has 0 bridgehead atoms. The van der Waals surface area contributed by atoms with Crippen LogP contribution in [0.4, 0.5) is 0 Å². The molecule has 5 nitrogen and oxygen atoms in total. The number of carbonyl (C=O) groups is 1. The molecule has 0 saturated carbocycles. The summed E-state index contributed by atoms with van der Waals surface area (Å²) < 4.78 is 5.24. The number of nitrogens with zero attached hydrogens (tertiary/aromatic N) is 1. The fourth-order valence-corrected chi connectivity index (χ4v) is 2.49. The third-order valence-corrected chi connectivity index (χ3v) is 3.71. The molecular formula is C16H21NO4. The van der Waals surface area contributed by atoms with Crippen LogP contribution in [0.15, 0.2) is 24.3 Å². The van der Waals surface area contributed by atoms with Crippen LogP contribution >= 0.6 is 0 Å². The third kappa shape index (κ3) is 4.58. The standard InChI is InChI=1S/C16H21NO4/c1-21-15-4-2-12(3-5-16(19)20)13(10-15)11-17-8-6-14(18)7-9-17/h2-5,10,14,18H,6-9,11H2,1H3,(H,19,20). The summed E-state index contributed by atoms with van der Waals surface area (Å²) in [4.78, 5) is 12.9. The van der Waals surface area contributed by atoms with Gasteiger partial charge in [0.05, 0.1) is 13.2 Å². The lowest BCUT2D eigenvalue weighted by Gasteiger charge is -2.30. The van der Waals surface area contributed by atoms with Gasteiger partial charge < -0.3 is 14.9 Å². The zero-order valence-electron chi connectivity index (χ0n) is 12.2. The molecule has 0 unspecified atom stereocenters. The molecule has 0 atom stereocenters. The minimum Gasteiger partial charge on any atom is -0.497 e. The van der Waals surface area contributed by atoms with E-state index in [1.54, 1.807) is 13.2 Å². The lowest BCUT2D eigenvalue weighted by atomic mass is 10.0. The van der Waals surface area contributed by atoms with Gasteiger partial charge in [0.2, 0.25) is 0 Å². The van der Waals surface area contributed by atoms with Crippen molar-refractivity contribution < 1.29 is 19.7 Å². The van der Waals surface area contributed by atoms with Crippen LogP contribution in [-0.2, 0) is 11.3 Å². The van der Waals surface area contributed by atoms with Gasteiger partial charge in [-0.25, -0.2) is 4.79 Å². The molecule has 1 fully saturated rings. The van der Waals surface area contributed by atoms with Crippen molar-refractivity contribution in [3.8, 4) is 5.75 Å². The van der Waals surface area contributed by atoms with Gasteiger partial charge in [-0.3, -0.25) is 4.90 Å². The van der Waals surface area contributed by atoms with E-state index >= 15 is 0 Å². The molecule has 114 valence electrons. The fraction of sp³-hybridized carbons (Fsp3) is 0.438. The Labute approximate surface area is 124 Å². The molecule has 1 aliphatic heterocycles. The van der Waals surface area contributed by atoms with Crippen molar-refractivity contribution >= 4 is 12.0 Å². The summed E-state index contributed by atoms with van der Waals surface area (Å²) >= 11 is 0. The first-order valence-corrected chi connectivity index (χ1v) is 7.07. The molecule has 2 rings (SSSR count). The second kappa shape index (κ2) is 7.24. The van der Waals surface area contributed by atoms with Crippen LogP contribution in [0.2, 0.25) is 0 Å². The first-order valence-electron chi connectivity index (χ1n) is 7.07. The Morgan fingerprint density at radius 1 is 1.43 bits per heavy atom. The van der Waals surface area contributed by atoms with Crippen molar-refractivity contribution in [2.45, 2.75) is 25.5 Å². The van der Waals surface area contributed by atoms with Crippen LogP contribution in [0.25, 0.3) is 6.08 Å². The van der Waals surface area contributed by atoms with Crippen molar-refractivity contribution in [3.63, 3.8) is 0 Å². The van der Waals surface area contributed by atoms with E-state index in [0.29, 0.717) is 0 Å². The molecule has 0 radical (unpaired) electrons. The maximum atomic E-state index is 10.7. The lowest BCUT2D eigenvalue weighted by molar-refractivity contribution is -0.131. The number of rotatable bonds is 5. The number of methoxy groups -OCH3 is 1. The van der Waals surface area contributed by atoms with E-state index < -0.39 is 5.97 Å². The largest absolute Gasteiger partial charge is 0.497 e. The van der Waals surface area contributed by atoms with Crippen LogP contribution in [0.3, 0.4) is 0 Å². The topological polar surface area (TPSA) is 70.0 Å². The number of benzene rings is 1. The van der Waals surface area contributed by atoms with E-state index in [4.69, 9.17) is 9.84 Å². The summed E-state index contributed by atoms with van der Waals surface area (Å²) in [5, 5.41) is 18.3. The highest BCUT2D eigenvalue weighted by Crippen LogP contribution is 2.22. The van der Waals surface area contributed by atoms with Gasteiger partial charge in [-0.1, -0.05) is 6.07 Å². The molecule has 1 saturated heterocycles. The Morgan fingerprint density at radius 2 is 2.14 bits per heavy atom. The van der Waals surface area contributed by atoms with Gasteiger partial charge in [-0.2, -0.15) is 0 Å². The second-order valence-electron chi connectivity index (χ2n) is 5.24. The van der Waals surface area contributed by atoms with Gasteiger partial charge in [0, 0.05) is 25.7 Å². The molecule has 1 aliphatic rings. The molecule has 0 aliphatic carbocycles. The third-order valence-electron chi connectivity index (χ3n) is 3.71. The number of carboxylic acid groups (broad SMARTS) is 1. The Hall–Kier alpha value is -1.85. The van der Waals surface area contributed by atoms with E-state index in [2.05, 4.69) is 4.90 Å². The molecule has 5 heteroatoms. The summed E-state index contributed by atoms with van der Waals surface area (Å²) in [6.45, 7) is 2.42. The Kier molecular flexibility index (Phi) is 5.36. The van der Waals surface area contributed by atoms with Crippen molar-refractivity contribution in [2.24, 2.45) is 0 Å². The summed E-state index contributed by atoms with van der Waals surface area (Å²) in [5.74, 6) is -0.201. The smallest absolute Gasteiger partial charge is 0.328 e. The number of ether oxygens (including phenoxy) is 1. The first kappa shape index (κ1) is 15.5. The predicted molar refractivity (Wildman–Crippen MR) is 80.2 cm³/mol. The maximum absolute atomic E-state index is 10.7. The van der Waals surface area contributed by atoms with E-state index in [-0.39, 0.29) is 6.10 Å². The first-order chi connectivity index (χ1) is 10.1. The molecular weight excluding hydrogens is 270 g/mol. The number of carboxylic acids is 1. The highest BCUT2D eigenvalue weighted by atomic mass is 16.5. The SMILES string of the molecule is COc1ccc(C=CC(=O)O)c(CN2CCC(O)CC2)c1. The van der Waals surface area contributed by atoms with Gasteiger partial charge in [-0.15, -0.1) is 0 Å². The second-order valence-corrected chi connectivity index (χ2v) is 5.24. The molecule has 1 aromatic carbocycles. The number of hydrogen-bond acceptors (Lipinski definition) is 4. The summed E-state index contributed by atoms with van der Waals surface area (Å²) in [6, 6.07) is 5.63. The van der Waals surface area contributed by atoms with Crippen LogP contribution in [0.1, 0.15) is 24.0 Å². The minimum absolute atomic E-state index is 0.196. The van der Waals surface area contributed by atoms with Gasteiger partial charge in [0.1, 0.15) is 5.75 Å². The molecule has 2 N–H and O–H groups in total. The van der Waals surface area contributed by atoms with Crippen LogP contribution in [0.5, 0.6) is 5.75 Å². The quantitative estimate of drug-likeness (QED) is 0.809. The Bertz CT molecular complexity index is 519. The number of likely N-dealkylation sites (tertiary alicyclic amines) is 1. The molecule has 21 heavy (non-hydrogen) atoms. The Balaban J connectivity index is 2.16. The number of aliphatic carboxylic acids is 1. The molecule has 1 aromatic rings. The molecule has 0 spiro atoms.